The van der Waals surface area contributed by atoms with E-state index in [1.54, 1.807) is 6.20 Å². The fourth-order valence-corrected chi connectivity index (χ4v) is 1.55. The molecular formula is C11H12ClN3. The first-order chi connectivity index (χ1) is 7.22. The summed E-state index contributed by atoms with van der Waals surface area (Å²) in [6, 6.07) is 7.95. The van der Waals surface area contributed by atoms with Crippen LogP contribution in [0.3, 0.4) is 0 Å². The van der Waals surface area contributed by atoms with Gasteiger partial charge in [0.05, 0.1) is 22.6 Å². The molecule has 1 aromatic heterocycles. The number of benzene rings is 1. The van der Waals surface area contributed by atoms with Gasteiger partial charge < -0.3 is 5.73 Å². The molecule has 0 saturated heterocycles. The summed E-state index contributed by atoms with van der Waals surface area (Å²) in [5, 5.41) is 4.87. The second-order valence-electron chi connectivity index (χ2n) is 3.36. The largest absolute Gasteiger partial charge is 0.326 e. The zero-order valence-electron chi connectivity index (χ0n) is 8.44. The topological polar surface area (TPSA) is 43.8 Å². The van der Waals surface area contributed by atoms with E-state index in [2.05, 4.69) is 5.10 Å². The molecule has 0 aliphatic rings. The van der Waals surface area contributed by atoms with Crippen molar-refractivity contribution >= 4 is 11.6 Å². The minimum atomic E-state index is 0.555. The van der Waals surface area contributed by atoms with Gasteiger partial charge >= 0.3 is 0 Å². The standard InChI is InChI=1S/C11H12ClN3/c1-8-11(12)7-14-15(8)10-4-2-9(6-13)3-5-10/h2-5,7H,6,13H2,1H3. The maximum Gasteiger partial charge on any atom is 0.0819 e. The SMILES string of the molecule is Cc1c(Cl)cnn1-c1ccc(CN)cc1. The Kier molecular flexibility index (Phi) is 2.75. The van der Waals surface area contributed by atoms with Gasteiger partial charge in [0.1, 0.15) is 0 Å². The van der Waals surface area contributed by atoms with Crippen molar-refractivity contribution in [1.82, 2.24) is 9.78 Å². The van der Waals surface area contributed by atoms with Gasteiger partial charge in [0.2, 0.25) is 0 Å². The van der Waals surface area contributed by atoms with Gasteiger partial charge in [-0.05, 0) is 24.6 Å². The zero-order valence-corrected chi connectivity index (χ0v) is 9.20. The lowest BCUT2D eigenvalue weighted by atomic mass is 10.2. The van der Waals surface area contributed by atoms with E-state index >= 15 is 0 Å². The van der Waals surface area contributed by atoms with Crippen molar-refractivity contribution in [2.24, 2.45) is 5.73 Å². The summed E-state index contributed by atoms with van der Waals surface area (Å²) in [4.78, 5) is 0. The molecule has 0 aliphatic carbocycles. The first kappa shape index (κ1) is 10.2. The van der Waals surface area contributed by atoms with Crippen molar-refractivity contribution < 1.29 is 0 Å². The summed E-state index contributed by atoms with van der Waals surface area (Å²) >= 11 is 5.93. The van der Waals surface area contributed by atoms with Gasteiger partial charge in [-0.15, -0.1) is 0 Å². The van der Waals surface area contributed by atoms with Crippen LogP contribution in [0.15, 0.2) is 30.5 Å². The van der Waals surface area contributed by atoms with Gasteiger partial charge in [-0.1, -0.05) is 23.7 Å². The van der Waals surface area contributed by atoms with Crippen LogP contribution in [0, 0.1) is 6.92 Å². The van der Waals surface area contributed by atoms with Gasteiger partial charge in [0.15, 0.2) is 0 Å². The summed E-state index contributed by atoms with van der Waals surface area (Å²) < 4.78 is 1.81. The van der Waals surface area contributed by atoms with Crippen LogP contribution in [-0.2, 0) is 6.54 Å². The van der Waals surface area contributed by atoms with E-state index in [9.17, 15) is 0 Å². The highest BCUT2D eigenvalue weighted by Gasteiger charge is 2.05. The van der Waals surface area contributed by atoms with Gasteiger partial charge in [0.25, 0.3) is 0 Å². The Balaban J connectivity index is 2.41. The number of nitrogens with two attached hydrogens (primary N) is 1. The first-order valence-corrected chi connectivity index (χ1v) is 5.09. The van der Waals surface area contributed by atoms with Gasteiger partial charge in [0, 0.05) is 6.54 Å². The van der Waals surface area contributed by atoms with Crippen molar-refractivity contribution in [3.63, 3.8) is 0 Å². The zero-order chi connectivity index (χ0) is 10.8. The highest BCUT2D eigenvalue weighted by molar-refractivity contribution is 6.31. The molecule has 1 heterocycles. The van der Waals surface area contributed by atoms with E-state index in [4.69, 9.17) is 17.3 Å². The molecule has 0 bridgehead atoms. The predicted octanol–water partition coefficient (Wildman–Crippen LogP) is 2.29. The Morgan fingerprint density at radius 1 is 1.33 bits per heavy atom. The molecule has 1 aromatic carbocycles. The van der Waals surface area contributed by atoms with Crippen LogP contribution in [0.5, 0.6) is 0 Å². The van der Waals surface area contributed by atoms with E-state index in [1.807, 2.05) is 35.9 Å². The fourth-order valence-electron chi connectivity index (χ4n) is 1.42. The number of hydrogen-bond donors (Lipinski definition) is 1. The third-order valence-electron chi connectivity index (χ3n) is 2.37. The second-order valence-corrected chi connectivity index (χ2v) is 3.77. The van der Waals surface area contributed by atoms with Crippen LogP contribution in [0.4, 0.5) is 0 Å². The normalized spacial score (nSPS) is 10.6. The molecule has 0 atom stereocenters. The third-order valence-corrected chi connectivity index (χ3v) is 2.74. The minimum absolute atomic E-state index is 0.555. The van der Waals surface area contributed by atoms with Crippen molar-refractivity contribution in [3.8, 4) is 5.69 Å². The Labute approximate surface area is 93.5 Å². The Hall–Kier alpha value is -1.32. The fraction of sp³-hybridized carbons (Fsp3) is 0.182. The van der Waals surface area contributed by atoms with Gasteiger partial charge in [-0.25, -0.2) is 4.68 Å². The molecule has 0 unspecified atom stereocenters. The van der Waals surface area contributed by atoms with Crippen molar-refractivity contribution in [2.75, 3.05) is 0 Å². The summed E-state index contributed by atoms with van der Waals surface area (Å²) in [6.45, 7) is 2.49. The van der Waals surface area contributed by atoms with E-state index in [-0.39, 0.29) is 0 Å². The predicted molar refractivity (Wildman–Crippen MR) is 61.2 cm³/mol. The van der Waals surface area contributed by atoms with Gasteiger partial charge in [-0.3, -0.25) is 0 Å². The number of rotatable bonds is 2. The molecule has 15 heavy (non-hydrogen) atoms. The number of halogens is 1. The number of aromatic nitrogens is 2. The smallest absolute Gasteiger partial charge is 0.0819 e. The third kappa shape index (κ3) is 1.89. The highest BCUT2D eigenvalue weighted by Crippen LogP contribution is 2.18. The van der Waals surface area contributed by atoms with Gasteiger partial charge in [-0.2, -0.15) is 5.10 Å². The summed E-state index contributed by atoms with van der Waals surface area (Å²) in [6.07, 6.45) is 1.65. The molecule has 4 heteroatoms. The Morgan fingerprint density at radius 2 is 2.00 bits per heavy atom. The minimum Gasteiger partial charge on any atom is -0.326 e. The molecular weight excluding hydrogens is 210 g/mol. The number of hydrogen-bond acceptors (Lipinski definition) is 2. The summed E-state index contributed by atoms with van der Waals surface area (Å²) in [5.74, 6) is 0. The molecule has 3 nitrogen and oxygen atoms in total. The summed E-state index contributed by atoms with van der Waals surface area (Å²) in [5.41, 5.74) is 8.57. The molecule has 0 spiro atoms. The van der Waals surface area contributed by atoms with Crippen molar-refractivity contribution in [3.05, 3.63) is 46.7 Å². The van der Waals surface area contributed by atoms with Crippen LogP contribution < -0.4 is 5.73 Å². The molecule has 2 rings (SSSR count). The molecule has 78 valence electrons. The van der Waals surface area contributed by atoms with Crippen LogP contribution in [-0.4, -0.2) is 9.78 Å². The Bertz CT molecular complexity index is 459. The molecule has 0 radical (unpaired) electrons. The van der Waals surface area contributed by atoms with E-state index in [1.165, 1.54) is 0 Å². The van der Waals surface area contributed by atoms with Crippen molar-refractivity contribution in [2.45, 2.75) is 13.5 Å². The highest BCUT2D eigenvalue weighted by atomic mass is 35.5. The van der Waals surface area contributed by atoms with Crippen LogP contribution in [0.1, 0.15) is 11.3 Å². The molecule has 0 amide bonds. The molecule has 0 aliphatic heterocycles. The van der Waals surface area contributed by atoms with Crippen LogP contribution in [0.25, 0.3) is 5.69 Å². The molecule has 0 saturated carbocycles. The van der Waals surface area contributed by atoms with E-state index in [0.29, 0.717) is 11.6 Å². The van der Waals surface area contributed by atoms with Crippen LogP contribution >= 0.6 is 11.6 Å². The monoisotopic (exact) mass is 221 g/mol. The summed E-state index contributed by atoms with van der Waals surface area (Å²) in [7, 11) is 0. The first-order valence-electron chi connectivity index (χ1n) is 4.72. The lowest BCUT2D eigenvalue weighted by molar-refractivity contribution is 0.846. The second kappa shape index (κ2) is 4.04. The van der Waals surface area contributed by atoms with Crippen molar-refractivity contribution in [1.29, 1.82) is 0 Å². The number of nitrogens with zero attached hydrogens (tertiary/aromatic N) is 2. The molecule has 0 fully saturated rings. The quantitative estimate of drug-likeness (QED) is 0.846. The average molecular weight is 222 g/mol. The molecule has 2 N–H and O–H groups in total. The molecule has 2 aromatic rings. The lowest BCUT2D eigenvalue weighted by Gasteiger charge is -2.05. The maximum absolute atomic E-state index is 5.93. The Morgan fingerprint density at radius 3 is 2.47 bits per heavy atom. The van der Waals surface area contributed by atoms with E-state index in [0.717, 1.165) is 16.9 Å². The average Bonchev–Trinajstić information content (AvgIpc) is 2.60. The maximum atomic E-state index is 5.93. The van der Waals surface area contributed by atoms with Crippen LogP contribution in [0.2, 0.25) is 5.02 Å². The lowest BCUT2D eigenvalue weighted by Crippen LogP contribution is -2.00. The van der Waals surface area contributed by atoms with E-state index < -0.39 is 0 Å².